The number of nitrogens with zero attached hydrogens (tertiary/aromatic N) is 4. The summed E-state index contributed by atoms with van der Waals surface area (Å²) in [5, 5.41) is 4.25. The van der Waals surface area contributed by atoms with Gasteiger partial charge in [-0.05, 0) is 59.3 Å². The first kappa shape index (κ1) is 24.3. The first-order chi connectivity index (χ1) is 19.8. The second-order valence-corrected chi connectivity index (χ2v) is 11.2. The van der Waals surface area contributed by atoms with Crippen molar-refractivity contribution in [1.29, 1.82) is 0 Å². The van der Waals surface area contributed by atoms with E-state index in [-0.39, 0.29) is 0 Å². The molecule has 2 aromatic heterocycles. The minimum atomic E-state index is 0.911. The molecule has 2 heterocycles. The highest BCUT2D eigenvalue weighted by Gasteiger charge is 2.20. The molecule has 0 unspecified atom stereocenters. The smallest absolute Gasteiger partial charge is 0.195 e. The number of benzene rings is 5. The highest BCUT2D eigenvalue weighted by atomic mass is 32.1. The van der Waals surface area contributed by atoms with Gasteiger partial charge in [0.2, 0.25) is 0 Å². The van der Waals surface area contributed by atoms with Gasteiger partial charge in [-0.1, -0.05) is 108 Å². The quantitative estimate of drug-likeness (QED) is 0.197. The third-order valence-corrected chi connectivity index (χ3v) is 8.81. The molecule has 0 fully saturated rings. The van der Waals surface area contributed by atoms with E-state index in [1.165, 1.54) is 10.8 Å². The molecule has 192 valence electrons. The number of aromatic nitrogens is 2. The Bertz CT molecular complexity index is 1820. The van der Waals surface area contributed by atoms with Crippen LogP contribution in [-0.2, 0) is 0 Å². The second-order valence-electron chi connectivity index (χ2n) is 9.22. The summed E-state index contributed by atoms with van der Waals surface area (Å²) in [6.45, 7) is 0. The Balaban J connectivity index is 1.27. The van der Waals surface area contributed by atoms with Crippen molar-refractivity contribution in [2.24, 2.45) is 0 Å². The second kappa shape index (κ2) is 10.8. The van der Waals surface area contributed by atoms with Gasteiger partial charge in [0.1, 0.15) is 0 Å². The van der Waals surface area contributed by atoms with Crippen LogP contribution in [0.1, 0.15) is 0 Å². The van der Waals surface area contributed by atoms with Crippen molar-refractivity contribution in [3.63, 3.8) is 0 Å². The zero-order chi connectivity index (χ0) is 26.7. The maximum Gasteiger partial charge on any atom is 0.195 e. The van der Waals surface area contributed by atoms with E-state index in [1.54, 1.807) is 22.7 Å². The van der Waals surface area contributed by atoms with Gasteiger partial charge in [0, 0.05) is 35.1 Å². The van der Waals surface area contributed by atoms with Gasteiger partial charge in [0.05, 0.1) is 9.75 Å². The fraction of sp³-hybridized carbons (Fsp3) is 0. The molecule has 0 spiro atoms. The first-order valence-electron chi connectivity index (χ1n) is 13.0. The van der Waals surface area contributed by atoms with Crippen LogP contribution in [0.15, 0.2) is 146 Å². The Kier molecular flexibility index (Phi) is 6.53. The molecule has 0 atom stereocenters. The summed E-state index contributed by atoms with van der Waals surface area (Å²) in [6, 6.07) is 46.2. The van der Waals surface area contributed by atoms with Gasteiger partial charge < -0.3 is 0 Å². The fourth-order valence-corrected chi connectivity index (χ4v) is 6.73. The lowest BCUT2D eigenvalue weighted by molar-refractivity contribution is 1.23. The number of hydrogen-bond donors (Lipinski definition) is 0. The lowest BCUT2D eigenvalue weighted by atomic mass is 10.1. The van der Waals surface area contributed by atoms with Crippen LogP contribution in [0.25, 0.3) is 20.5 Å². The number of rotatable bonds is 7. The van der Waals surface area contributed by atoms with Gasteiger partial charge in [-0.15, -0.1) is 0 Å². The number of para-hydroxylation sites is 3. The van der Waals surface area contributed by atoms with Gasteiger partial charge in [-0.2, -0.15) is 0 Å². The van der Waals surface area contributed by atoms with Gasteiger partial charge in [-0.25, -0.2) is 9.97 Å². The normalized spacial score (nSPS) is 11.0. The maximum absolute atomic E-state index is 4.91. The monoisotopic (exact) mass is 552 g/mol. The number of anilines is 6. The molecule has 0 amide bonds. The van der Waals surface area contributed by atoms with Crippen molar-refractivity contribution in [3.05, 3.63) is 146 Å². The van der Waals surface area contributed by atoms with Crippen molar-refractivity contribution in [2.45, 2.75) is 0 Å². The molecule has 0 saturated heterocycles. The third kappa shape index (κ3) is 4.75. The predicted molar refractivity (Wildman–Crippen MR) is 170 cm³/mol. The molecule has 4 nitrogen and oxygen atoms in total. The van der Waals surface area contributed by atoms with E-state index < -0.39 is 0 Å². The Hall–Kier alpha value is -4.78. The minimum absolute atomic E-state index is 0.911. The van der Waals surface area contributed by atoms with Crippen LogP contribution in [0.4, 0.5) is 33.0 Å². The Labute approximate surface area is 241 Å². The standard InChI is InChI=1S/C34H24N4S2/c1-4-14-27(15-5-1)37(28-16-6-2-7-17-28)33-35-23-31(39-33)32-24-36-34(40-32)38(29-18-8-3-9-19-29)30-21-20-25-12-10-11-13-26(25)22-30/h1-24H. The average Bonchev–Trinajstić information content (AvgIpc) is 3.70. The molecule has 7 rings (SSSR count). The predicted octanol–water partition coefficient (Wildman–Crippen LogP) is 10.4. The minimum Gasteiger partial charge on any atom is -0.286 e. The Morgan fingerprint density at radius 1 is 0.400 bits per heavy atom. The molecule has 0 aliphatic carbocycles. The van der Waals surface area contributed by atoms with Gasteiger partial charge in [0.15, 0.2) is 10.3 Å². The van der Waals surface area contributed by atoms with Gasteiger partial charge in [0.25, 0.3) is 0 Å². The van der Waals surface area contributed by atoms with E-state index in [0.717, 1.165) is 42.8 Å². The van der Waals surface area contributed by atoms with Crippen molar-refractivity contribution in [2.75, 3.05) is 9.80 Å². The largest absolute Gasteiger partial charge is 0.286 e. The highest BCUT2D eigenvalue weighted by Crippen LogP contribution is 2.44. The molecule has 0 radical (unpaired) electrons. The van der Waals surface area contributed by atoms with Crippen molar-refractivity contribution >= 4 is 66.5 Å². The van der Waals surface area contributed by atoms with E-state index in [1.807, 2.05) is 30.6 Å². The number of thiazole rings is 2. The molecule has 0 N–H and O–H groups in total. The molecule has 7 aromatic rings. The van der Waals surface area contributed by atoms with Crippen molar-refractivity contribution < 1.29 is 0 Å². The summed E-state index contributed by atoms with van der Waals surface area (Å²) >= 11 is 3.34. The van der Waals surface area contributed by atoms with Gasteiger partial charge in [-0.3, -0.25) is 9.80 Å². The molecule has 5 aromatic carbocycles. The van der Waals surface area contributed by atoms with Crippen LogP contribution in [0.5, 0.6) is 0 Å². The SMILES string of the molecule is c1ccc(N(c2ccccc2)c2ncc(-c3cnc(N(c4ccccc4)c4ccc5ccccc5c4)s3)s2)cc1. The summed E-state index contributed by atoms with van der Waals surface area (Å²) in [5.41, 5.74) is 4.30. The van der Waals surface area contributed by atoms with Crippen molar-refractivity contribution in [1.82, 2.24) is 9.97 Å². The number of fused-ring (bicyclic) bond motifs is 1. The summed E-state index contributed by atoms with van der Waals surface area (Å²) < 4.78 is 0. The molecular formula is C34H24N4S2. The Morgan fingerprint density at radius 2 is 0.825 bits per heavy atom. The molecule has 0 saturated carbocycles. The molecule has 40 heavy (non-hydrogen) atoms. The molecule has 0 bridgehead atoms. The van der Waals surface area contributed by atoms with E-state index >= 15 is 0 Å². The van der Waals surface area contributed by atoms with Crippen LogP contribution >= 0.6 is 22.7 Å². The van der Waals surface area contributed by atoms with Gasteiger partial charge >= 0.3 is 0 Å². The summed E-state index contributed by atoms with van der Waals surface area (Å²) in [6.07, 6.45) is 3.92. The van der Waals surface area contributed by atoms with Crippen LogP contribution in [-0.4, -0.2) is 9.97 Å². The highest BCUT2D eigenvalue weighted by molar-refractivity contribution is 7.25. The van der Waals surface area contributed by atoms with Crippen LogP contribution in [0.2, 0.25) is 0 Å². The van der Waals surface area contributed by atoms with Crippen LogP contribution < -0.4 is 9.80 Å². The summed E-state index contributed by atoms with van der Waals surface area (Å²) in [7, 11) is 0. The third-order valence-electron chi connectivity index (χ3n) is 6.65. The van der Waals surface area contributed by atoms with Crippen LogP contribution in [0.3, 0.4) is 0 Å². The lowest BCUT2D eigenvalue weighted by Gasteiger charge is -2.22. The molecular weight excluding hydrogens is 529 g/mol. The molecule has 0 aliphatic heterocycles. The zero-order valence-electron chi connectivity index (χ0n) is 21.5. The van der Waals surface area contributed by atoms with E-state index in [0.29, 0.717) is 0 Å². The average molecular weight is 553 g/mol. The van der Waals surface area contributed by atoms with Crippen LogP contribution in [0, 0.1) is 0 Å². The first-order valence-corrected chi connectivity index (χ1v) is 14.6. The topological polar surface area (TPSA) is 32.3 Å². The fourth-order valence-electron chi connectivity index (χ4n) is 4.75. The number of hydrogen-bond acceptors (Lipinski definition) is 6. The van der Waals surface area contributed by atoms with E-state index in [9.17, 15) is 0 Å². The summed E-state index contributed by atoms with van der Waals surface area (Å²) in [5.74, 6) is 0. The van der Waals surface area contributed by atoms with E-state index in [4.69, 9.17) is 9.97 Å². The molecule has 0 aliphatic rings. The zero-order valence-corrected chi connectivity index (χ0v) is 23.1. The Morgan fingerprint density at radius 3 is 1.32 bits per heavy atom. The molecule has 6 heteroatoms. The van der Waals surface area contributed by atoms with Crippen molar-refractivity contribution in [3.8, 4) is 9.75 Å². The lowest BCUT2D eigenvalue weighted by Crippen LogP contribution is -2.09. The maximum atomic E-state index is 4.91. The van der Waals surface area contributed by atoms with E-state index in [2.05, 4.69) is 125 Å². The summed E-state index contributed by atoms with van der Waals surface area (Å²) in [4.78, 5) is 16.4.